The van der Waals surface area contributed by atoms with Crippen molar-refractivity contribution in [2.45, 2.75) is 44.7 Å². The van der Waals surface area contributed by atoms with Gasteiger partial charge in [0.15, 0.2) is 0 Å². The lowest BCUT2D eigenvalue weighted by atomic mass is 9.90. The highest BCUT2D eigenvalue weighted by Crippen LogP contribution is 2.22. The molecule has 1 saturated carbocycles. The molecule has 0 bridgehead atoms. The Morgan fingerprint density at radius 2 is 1.92 bits per heavy atom. The van der Waals surface area contributed by atoms with Gasteiger partial charge in [0, 0.05) is 36.4 Å². The van der Waals surface area contributed by atoms with Crippen molar-refractivity contribution in [3.63, 3.8) is 0 Å². The number of anilines is 1. The number of likely N-dealkylation sites (tertiary alicyclic amines) is 1. The Hall–Kier alpha value is -2.08. The summed E-state index contributed by atoms with van der Waals surface area (Å²) in [7, 11) is 0. The van der Waals surface area contributed by atoms with Gasteiger partial charge in [0.1, 0.15) is 0 Å². The molecular formula is C18H26N4O2. The number of hydrogen-bond donors (Lipinski definition) is 3. The van der Waals surface area contributed by atoms with Gasteiger partial charge >= 0.3 is 6.03 Å². The first kappa shape index (κ1) is 16.8. The molecule has 1 unspecified atom stereocenters. The summed E-state index contributed by atoms with van der Waals surface area (Å²) < 4.78 is 0. The van der Waals surface area contributed by atoms with Crippen LogP contribution in [0.1, 0.15) is 43.0 Å². The summed E-state index contributed by atoms with van der Waals surface area (Å²) in [5.41, 5.74) is 7.21. The van der Waals surface area contributed by atoms with E-state index in [1.807, 2.05) is 11.8 Å². The van der Waals surface area contributed by atoms with Gasteiger partial charge < -0.3 is 21.3 Å². The Morgan fingerprint density at radius 1 is 1.21 bits per heavy atom. The summed E-state index contributed by atoms with van der Waals surface area (Å²) in [5, 5.41) is 5.67. The van der Waals surface area contributed by atoms with E-state index in [-0.39, 0.29) is 18.0 Å². The third kappa shape index (κ3) is 4.26. The number of nitrogens with two attached hydrogens (primary N) is 1. The lowest BCUT2D eigenvalue weighted by Gasteiger charge is -2.33. The molecule has 2 aliphatic rings. The van der Waals surface area contributed by atoms with Gasteiger partial charge in [0.2, 0.25) is 0 Å². The second kappa shape index (κ2) is 7.21. The second-order valence-electron chi connectivity index (χ2n) is 6.94. The van der Waals surface area contributed by atoms with Gasteiger partial charge in [0.05, 0.1) is 0 Å². The molecule has 2 fully saturated rings. The Kier molecular flexibility index (Phi) is 5.04. The summed E-state index contributed by atoms with van der Waals surface area (Å²) in [6.07, 6.45) is 3.99. The topological polar surface area (TPSA) is 87.5 Å². The molecule has 1 saturated heterocycles. The molecule has 1 aromatic carbocycles. The Labute approximate surface area is 142 Å². The van der Waals surface area contributed by atoms with Crippen LogP contribution >= 0.6 is 0 Å². The van der Waals surface area contributed by atoms with Gasteiger partial charge in [0.25, 0.3) is 5.91 Å². The molecule has 6 nitrogen and oxygen atoms in total. The smallest absolute Gasteiger partial charge is 0.319 e. The van der Waals surface area contributed by atoms with Gasteiger partial charge in [-0.05, 0) is 56.7 Å². The van der Waals surface area contributed by atoms with Crippen LogP contribution in [0, 0.1) is 5.92 Å². The fourth-order valence-electron chi connectivity index (χ4n) is 3.12. The van der Waals surface area contributed by atoms with Gasteiger partial charge in [-0.3, -0.25) is 4.79 Å². The van der Waals surface area contributed by atoms with Gasteiger partial charge in [-0.25, -0.2) is 4.79 Å². The van der Waals surface area contributed by atoms with Crippen molar-refractivity contribution in [3.8, 4) is 0 Å². The zero-order chi connectivity index (χ0) is 17.1. The largest absolute Gasteiger partial charge is 0.339 e. The zero-order valence-corrected chi connectivity index (χ0v) is 14.1. The van der Waals surface area contributed by atoms with Crippen molar-refractivity contribution in [2.24, 2.45) is 11.7 Å². The van der Waals surface area contributed by atoms with E-state index in [1.165, 1.54) is 0 Å². The predicted molar refractivity (Wildman–Crippen MR) is 93.9 cm³/mol. The number of piperidine rings is 1. The van der Waals surface area contributed by atoms with Gasteiger partial charge in [-0.2, -0.15) is 0 Å². The highest BCUT2D eigenvalue weighted by Gasteiger charge is 2.26. The molecule has 3 amide bonds. The van der Waals surface area contributed by atoms with E-state index in [2.05, 4.69) is 10.6 Å². The number of carbonyl (C=O) groups excluding carboxylic acids is 2. The molecular weight excluding hydrogens is 304 g/mol. The molecule has 130 valence electrons. The van der Waals surface area contributed by atoms with Crippen LogP contribution in [0.15, 0.2) is 24.3 Å². The third-order valence-corrected chi connectivity index (χ3v) is 4.85. The molecule has 6 heteroatoms. The van der Waals surface area contributed by atoms with Crippen LogP contribution in [-0.4, -0.2) is 42.0 Å². The van der Waals surface area contributed by atoms with E-state index >= 15 is 0 Å². The minimum absolute atomic E-state index is 0.0179. The number of rotatable bonds is 4. The van der Waals surface area contributed by atoms with Crippen molar-refractivity contribution >= 4 is 17.6 Å². The maximum atomic E-state index is 12.7. The summed E-state index contributed by atoms with van der Waals surface area (Å²) in [6, 6.07) is 7.41. The van der Waals surface area contributed by atoms with E-state index in [9.17, 15) is 9.59 Å². The second-order valence-corrected chi connectivity index (χ2v) is 6.94. The minimum Gasteiger partial charge on any atom is -0.339 e. The standard InChI is InChI=1S/C18H26N4O2/c1-12(19)13-7-9-22(10-8-13)17(23)14-3-2-4-16(11-14)21-18(24)20-15-5-6-15/h2-4,11-13,15H,5-10,19H2,1H3,(H2,20,21,24). The highest BCUT2D eigenvalue weighted by molar-refractivity contribution is 5.97. The van der Waals surface area contributed by atoms with Crippen LogP contribution in [0.2, 0.25) is 0 Å². The van der Waals surface area contributed by atoms with Crippen molar-refractivity contribution in [2.75, 3.05) is 18.4 Å². The Bertz CT molecular complexity index is 605. The molecule has 0 radical (unpaired) electrons. The molecule has 1 aliphatic carbocycles. The van der Waals surface area contributed by atoms with E-state index in [1.54, 1.807) is 24.3 Å². The van der Waals surface area contributed by atoms with Gasteiger partial charge in [-0.15, -0.1) is 0 Å². The summed E-state index contributed by atoms with van der Waals surface area (Å²) in [4.78, 5) is 26.4. The van der Waals surface area contributed by atoms with Crippen molar-refractivity contribution in [1.29, 1.82) is 0 Å². The van der Waals surface area contributed by atoms with Crippen LogP contribution < -0.4 is 16.4 Å². The molecule has 1 aromatic rings. The van der Waals surface area contributed by atoms with E-state index in [0.29, 0.717) is 23.2 Å². The van der Waals surface area contributed by atoms with Crippen LogP contribution in [-0.2, 0) is 0 Å². The quantitative estimate of drug-likeness (QED) is 0.790. The van der Waals surface area contributed by atoms with Crippen LogP contribution in [0.3, 0.4) is 0 Å². The minimum atomic E-state index is -0.208. The SMILES string of the molecule is CC(N)C1CCN(C(=O)c2cccc(NC(=O)NC3CC3)c2)CC1. The third-order valence-electron chi connectivity index (χ3n) is 4.85. The Morgan fingerprint density at radius 3 is 2.54 bits per heavy atom. The molecule has 1 aliphatic heterocycles. The fraction of sp³-hybridized carbons (Fsp3) is 0.556. The maximum absolute atomic E-state index is 12.7. The average Bonchev–Trinajstić information content (AvgIpc) is 3.38. The van der Waals surface area contributed by atoms with Crippen molar-refractivity contribution in [3.05, 3.63) is 29.8 Å². The maximum Gasteiger partial charge on any atom is 0.319 e. The first-order chi connectivity index (χ1) is 11.5. The summed E-state index contributed by atoms with van der Waals surface area (Å²) >= 11 is 0. The van der Waals surface area contributed by atoms with Crippen LogP contribution in [0.4, 0.5) is 10.5 Å². The molecule has 0 aromatic heterocycles. The molecule has 1 heterocycles. The van der Waals surface area contributed by atoms with Crippen molar-refractivity contribution < 1.29 is 9.59 Å². The highest BCUT2D eigenvalue weighted by atomic mass is 16.2. The van der Waals surface area contributed by atoms with Crippen LogP contribution in [0.25, 0.3) is 0 Å². The predicted octanol–water partition coefficient (Wildman–Crippen LogP) is 2.17. The molecule has 4 N–H and O–H groups in total. The number of urea groups is 1. The van der Waals surface area contributed by atoms with E-state index in [4.69, 9.17) is 5.73 Å². The lowest BCUT2D eigenvalue weighted by molar-refractivity contribution is 0.0681. The lowest BCUT2D eigenvalue weighted by Crippen LogP contribution is -2.42. The number of benzene rings is 1. The van der Waals surface area contributed by atoms with E-state index < -0.39 is 0 Å². The Balaban J connectivity index is 1.58. The monoisotopic (exact) mass is 330 g/mol. The zero-order valence-electron chi connectivity index (χ0n) is 14.1. The first-order valence-corrected chi connectivity index (χ1v) is 8.75. The molecule has 24 heavy (non-hydrogen) atoms. The fourth-order valence-corrected chi connectivity index (χ4v) is 3.12. The number of hydrogen-bond acceptors (Lipinski definition) is 3. The number of nitrogens with one attached hydrogen (secondary N) is 2. The van der Waals surface area contributed by atoms with E-state index in [0.717, 1.165) is 38.8 Å². The molecule has 1 atom stereocenters. The van der Waals surface area contributed by atoms with Crippen molar-refractivity contribution in [1.82, 2.24) is 10.2 Å². The normalized spacial score (nSPS) is 19.7. The molecule has 3 rings (SSSR count). The summed E-state index contributed by atoms with van der Waals surface area (Å²) in [6.45, 7) is 3.51. The summed E-state index contributed by atoms with van der Waals surface area (Å²) in [5.74, 6) is 0.512. The number of amides is 3. The first-order valence-electron chi connectivity index (χ1n) is 8.75. The number of nitrogens with zero attached hydrogens (tertiary/aromatic N) is 1. The average molecular weight is 330 g/mol. The number of carbonyl (C=O) groups is 2. The van der Waals surface area contributed by atoms with Gasteiger partial charge in [-0.1, -0.05) is 6.07 Å². The molecule has 0 spiro atoms. The van der Waals surface area contributed by atoms with Crippen LogP contribution in [0.5, 0.6) is 0 Å².